The highest BCUT2D eigenvalue weighted by Gasteiger charge is 2.66. The summed E-state index contributed by atoms with van der Waals surface area (Å²) >= 11 is 0. The molecular formula is C24H27N3O. The Morgan fingerprint density at radius 3 is 2.46 bits per heavy atom. The first-order valence-electron chi connectivity index (χ1n) is 11.0. The summed E-state index contributed by atoms with van der Waals surface area (Å²) in [6.45, 7) is 4.60. The Morgan fingerprint density at radius 2 is 1.75 bits per heavy atom. The van der Waals surface area contributed by atoms with Crippen LogP contribution in [0.2, 0.25) is 0 Å². The monoisotopic (exact) mass is 373 g/mol. The number of imidazole rings is 1. The second-order valence-corrected chi connectivity index (χ2v) is 9.86. The normalized spacial score (nSPS) is 38.1. The molecular weight excluding hydrogens is 346 g/mol. The van der Waals surface area contributed by atoms with Gasteiger partial charge in [-0.2, -0.15) is 0 Å². The summed E-state index contributed by atoms with van der Waals surface area (Å²) in [5.74, 6) is 5.24. The van der Waals surface area contributed by atoms with Gasteiger partial charge >= 0.3 is 5.84 Å². The standard InChI is InChI=1S/C24H27N3O/c1-14-5-3-4-6-20(14)27-15(2)21-22(26-8-7-25-23(26)28-21)24(27)18-10-16-9-17(12-18)13-19(24)11-16/h3-8,15-19H,9-13H2,1-2H3. The topological polar surface area (TPSA) is 33.7 Å². The van der Waals surface area contributed by atoms with E-state index in [2.05, 4.69) is 58.6 Å². The van der Waals surface area contributed by atoms with Gasteiger partial charge in [0.15, 0.2) is 5.76 Å². The van der Waals surface area contributed by atoms with Crippen LogP contribution in [0.25, 0.3) is 5.84 Å². The third-order valence-electron chi connectivity index (χ3n) is 8.58. The number of anilines is 1. The van der Waals surface area contributed by atoms with Crippen molar-refractivity contribution in [2.45, 2.75) is 57.5 Å². The summed E-state index contributed by atoms with van der Waals surface area (Å²) in [7, 11) is 0. The molecule has 1 atom stereocenters. The SMILES string of the molecule is Cc1ccccc1N1C(C)c2oc3nccn3c2C12C1CC3CC(C1)CC2C3. The Kier molecular flexibility index (Phi) is 2.81. The van der Waals surface area contributed by atoms with E-state index in [0.29, 0.717) is 0 Å². The Labute approximate surface area is 165 Å². The van der Waals surface area contributed by atoms with Gasteiger partial charge in [-0.25, -0.2) is 4.98 Å². The Balaban J connectivity index is 1.55. The van der Waals surface area contributed by atoms with Crippen molar-refractivity contribution >= 4 is 11.5 Å². The highest BCUT2D eigenvalue weighted by Crippen LogP contribution is 2.69. The smallest absolute Gasteiger partial charge is 0.306 e. The second kappa shape index (κ2) is 5.03. The maximum atomic E-state index is 6.40. The van der Waals surface area contributed by atoms with E-state index in [4.69, 9.17) is 4.42 Å². The average Bonchev–Trinajstić information content (AvgIpc) is 3.32. The molecule has 4 heteroatoms. The molecule has 4 saturated carbocycles. The van der Waals surface area contributed by atoms with Gasteiger partial charge in [0.25, 0.3) is 0 Å². The predicted molar refractivity (Wildman–Crippen MR) is 108 cm³/mol. The van der Waals surface area contributed by atoms with Crippen molar-refractivity contribution in [2.24, 2.45) is 23.7 Å². The summed E-state index contributed by atoms with van der Waals surface area (Å²) in [6, 6.07) is 9.20. The van der Waals surface area contributed by atoms with E-state index in [1.807, 2.05) is 6.20 Å². The molecule has 4 fully saturated rings. The summed E-state index contributed by atoms with van der Waals surface area (Å²) in [5, 5.41) is 0. The molecule has 28 heavy (non-hydrogen) atoms. The molecule has 0 amide bonds. The summed E-state index contributed by atoms with van der Waals surface area (Å²) in [4.78, 5) is 7.29. The van der Waals surface area contributed by atoms with Crippen LogP contribution in [-0.2, 0) is 5.54 Å². The first kappa shape index (κ1) is 15.7. The number of para-hydroxylation sites is 1. The molecule has 1 aromatic carbocycles. The zero-order chi connectivity index (χ0) is 18.6. The zero-order valence-electron chi connectivity index (χ0n) is 16.6. The number of rotatable bonds is 1. The molecule has 4 bridgehead atoms. The van der Waals surface area contributed by atoms with Crippen LogP contribution in [0.15, 0.2) is 41.1 Å². The van der Waals surface area contributed by atoms with Crippen LogP contribution in [0.3, 0.4) is 0 Å². The fourth-order valence-electron chi connectivity index (χ4n) is 7.95. The summed E-state index contributed by atoms with van der Waals surface area (Å²) in [5.41, 5.74) is 4.24. The molecule has 4 aliphatic carbocycles. The van der Waals surface area contributed by atoms with Crippen molar-refractivity contribution in [2.75, 3.05) is 4.90 Å². The highest BCUT2D eigenvalue weighted by atomic mass is 16.4. The van der Waals surface area contributed by atoms with Gasteiger partial charge in [0.1, 0.15) is 0 Å². The number of benzene rings is 1. The molecule has 1 aliphatic heterocycles. The zero-order valence-corrected chi connectivity index (χ0v) is 16.6. The quantitative estimate of drug-likeness (QED) is 0.567. The first-order valence-corrected chi connectivity index (χ1v) is 11.0. The van der Waals surface area contributed by atoms with Crippen LogP contribution in [0.5, 0.6) is 0 Å². The number of hydrogen-bond donors (Lipinski definition) is 0. The molecule has 0 saturated heterocycles. The maximum Gasteiger partial charge on any atom is 0.306 e. The van der Waals surface area contributed by atoms with Gasteiger partial charge in [-0.1, -0.05) is 18.2 Å². The van der Waals surface area contributed by atoms with Crippen molar-refractivity contribution in [1.29, 1.82) is 0 Å². The van der Waals surface area contributed by atoms with Gasteiger partial charge < -0.3 is 9.32 Å². The maximum absolute atomic E-state index is 6.40. The second-order valence-electron chi connectivity index (χ2n) is 9.86. The minimum absolute atomic E-state index is 0.0558. The average molecular weight is 374 g/mol. The molecule has 1 spiro atoms. The van der Waals surface area contributed by atoms with Crippen molar-refractivity contribution in [3.63, 3.8) is 0 Å². The van der Waals surface area contributed by atoms with Gasteiger partial charge in [0, 0.05) is 18.1 Å². The number of aromatic nitrogens is 2. The predicted octanol–water partition coefficient (Wildman–Crippen LogP) is 5.47. The van der Waals surface area contributed by atoms with Crippen LogP contribution in [-0.4, -0.2) is 9.38 Å². The van der Waals surface area contributed by atoms with E-state index < -0.39 is 0 Å². The summed E-state index contributed by atoms with van der Waals surface area (Å²) < 4.78 is 8.68. The van der Waals surface area contributed by atoms with E-state index in [0.717, 1.165) is 35.3 Å². The van der Waals surface area contributed by atoms with Crippen LogP contribution in [0, 0.1) is 30.6 Å². The minimum Gasteiger partial charge on any atom is -0.426 e. The number of fused-ring (bicyclic) bond motifs is 3. The van der Waals surface area contributed by atoms with Crippen LogP contribution < -0.4 is 4.90 Å². The number of nitrogens with zero attached hydrogens (tertiary/aromatic N) is 3. The lowest BCUT2D eigenvalue weighted by molar-refractivity contribution is -0.0623. The van der Waals surface area contributed by atoms with E-state index in [9.17, 15) is 0 Å². The van der Waals surface area contributed by atoms with E-state index in [1.165, 1.54) is 49.0 Å². The number of hydrogen-bond acceptors (Lipinski definition) is 3. The van der Waals surface area contributed by atoms with Crippen LogP contribution >= 0.6 is 0 Å². The minimum atomic E-state index is 0.0558. The molecule has 3 aromatic rings. The molecule has 1 unspecified atom stereocenters. The van der Waals surface area contributed by atoms with Crippen molar-refractivity contribution in [1.82, 2.24) is 9.38 Å². The van der Waals surface area contributed by atoms with Gasteiger partial charge in [-0.15, -0.1) is 0 Å². The van der Waals surface area contributed by atoms with Gasteiger partial charge in [0.05, 0.1) is 17.3 Å². The fourth-order valence-corrected chi connectivity index (χ4v) is 7.95. The van der Waals surface area contributed by atoms with Crippen LogP contribution in [0.1, 0.15) is 62.1 Å². The third kappa shape index (κ3) is 1.64. The van der Waals surface area contributed by atoms with Crippen molar-refractivity contribution in [3.05, 3.63) is 53.7 Å². The Hall–Kier alpha value is -2.23. The van der Waals surface area contributed by atoms with Crippen LogP contribution in [0.4, 0.5) is 5.69 Å². The van der Waals surface area contributed by atoms with E-state index >= 15 is 0 Å². The molecule has 0 radical (unpaired) electrons. The largest absolute Gasteiger partial charge is 0.426 e. The Bertz CT molecular complexity index is 1060. The van der Waals surface area contributed by atoms with Gasteiger partial charge in [-0.3, -0.25) is 4.40 Å². The molecule has 2 aromatic heterocycles. The molecule has 144 valence electrons. The lowest BCUT2D eigenvalue weighted by atomic mass is 9.47. The molecule has 4 nitrogen and oxygen atoms in total. The molecule has 0 N–H and O–H groups in total. The highest BCUT2D eigenvalue weighted by molar-refractivity contribution is 5.63. The van der Waals surface area contributed by atoms with Crippen molar-refractivity contribution < 1.29 is 4.42 Å². The lowest BCUT2D eigenvalue weighted by Crippen LogP contribution is -2.62. The van der Waals surface area contributed by atoms with Gasteiger partial charge in [0.2, 0.25) is 0 Å². The van der Waals surface area contributed by atoms with E-state index in [-0.39, 0.29) is 11.6 Å². The first-order chi connectivity index (χ1) is 13.7. The lowest BCUT2D eigenvalue weighted by Gasteiger charge is -2.63. The number of aryl methyl sites for hydroxylation is 1. The fraction of sp³-hybridized carbons (Fsp3) is 0.542. The number of oxazole rings is 1. The molecule has 3 heterocycles. The van der Waals surface area contributed by atoms with Gasteiger partial charge in [-0.05, 0) is 81.3 Å². The van der Waals surface area contributed by atoms with Crippen molar-refractivity contribution in [3.8, 4) is 0 Å². The third-order valence-corrected chi connectivity index (χ3v) is 8.58. The Morgan fingerprint density at radius 1 is 1.04 bits per heavy atom. The van der Waals surface area contributed by atoms with E-state index in [1.54, 1.807) is 0 Å². The summed E-state index contributed by atoms with van der Waals surface area (Å²) in [6.07, 6.45) is 11.0. The molecule has 8 rings (SSSR count). The molecule has 5 aliphatic rings.